The van der Waals surface area contributed by atoms with Crippen molar-refractivity contribution in [3.8, 4) is 5.75 Å². The van der Waals surface area contributed by atoms with Gasteiger partial charge >= 0.3 is 12.1 Å². The highest BCUT2D eigenvalue weighted by molar-refractivity contribution is 9.10. The Hall–Kier alpha value is -3.38. The zero-order valence-corrected chi connectivity index (χ0v) is 26.0. The van der Waals surface area contributed by atoms with Crippen LogP contribution in [0.3, 0.4) is 0 Å². The van der Waals surface area contributed by atoms with Crippen LogP contribution in [0.1, 0.15) is 29.7 Å². The van der Waals surface area contributed by atoms with Crippen molar-refractivity contribution in [1.82, 2.24) is 4.57 Å². The molecule has 13 heteroatoms. The van der Waals surface area contributed by atoms with Crippen LogP contribution in [0.4, 0.5) is 13.2 Å². The van der Waals surface area contributed by atoms with E-state index in [0.29, 0.717) is 25.8 Å². The summed E-state index contributed by atoms with van der Waals surface area (Å²) in [6, 6.07) is 16.9. The Labute approximate surface area is 265 Å². The van der Waals surface area contributed by atoms with E-state index < -0.39 is 35.0 Å². The minimum atomic E-state index is -5.02. The van der Waals surface area contributed by atoms with Gasteiger partial charge in [0.15, 0.2) is 10.5 Å². The van der Waals surface area contributed by atoms with Gasteiger partial charge in [0, 0.05) is 15.6 Å². The molecule has 0 amide bonds. The number of hydrogen-bond donors (Lipinski definition) is 0. The molecule has 0 saturated carbocycles. The lowest BCUT2D eigenvalue weighted by molar-refractivity contribution is -0.140. The van der Waals surface area contributed by atoms with Crippen LogP contribution < -0.4 is 19.6 Å². The molecule has 0 radical (unpaired) electrons. The first-order valence-corrected chi connectivity index (χ1v) is 15.1. The SMILES string of the molecule is CCOC(=O)C1=C(C(F)(F)F)N=c2s/c(=C\c3cc(Cl)cc(Br)c3OCc3ccccc3)c(=O)n2[C@H]1c1ccc(Cl)cc1. The molecule has 222 valence electrons. The molecule has 0 N–H and O–H groups in total. The lowest BCUT2D eigenvalue weighted by Gasteiger charge is -2.26. The molecular formula is C30H20BrCl2F3N2O4S. The van der Waals surface area contributed by atoms with Crippen LogP contribution in [0.5, 0.6) is 5.75 Å². The van der Waals surface area contributed by atoms with Gasteiger partial charge < -0.3 is 9.47 Å². The monoisotopic (exact) mass is 710 g/mol. The predicted octanol–water partition coefficient (Wildman–Crippen LogP) is 6.99. The first-order chi connectivity index (χ1) is 20.5. The summed E-state index contributed by atoms with van der Waals surface area (Å²) in [7, 11) is 0. The third kappa shape index (κ3) is 6.59. The topological polar surface area (TPSA) is 69.9 Å². The Morgan fingerprint density at radius 1 is 1.09 bits per heavy atom. The molecule has 2 heterocycles. The average molecular weight is 712 g/mol. The molecule has 43 heavy (non-hydrogen) atoms. The second kappa shape index (κ2) is 12.7. The number of fused-ring (bicyclic) bond motifs is 1. The van der Waals surface area contributed by atoms with Crippen molar-refractivity contribution >= 4 is 62.5 Å². The van der Waals surface area contributed by atoms with E-state index in [9.17, 15) is 22.8 Å². The van der Waals surface area contributed by atoms with Crippen molar-refractivity contribution < 1.29 is 27.4 Å². The first kappa shape index (κ1) is 31.1. The first-order valence-electron chi connectivity index (χ1n) is 12.7. The Morgan fingerprint density at radius 2 is 1.79 bits per heavy atom. The molecule has 6 nitrogen and oxygen atoms in total. The van der Waals surface area contributed by atoms with Gasteiger partial charge in [0.25, 0.3) is 5.56 Å². The number of carbonyl (C=O) groups excluding carboxylic acids is 1. The second-order valence-electron chi connectivity index (χ2n) is 9.20. The average Bonchev–Trinajstić information content (AvgIpc) is 3.26. The third-order valence-electron chi connectivity index (χ3n) is 6.33. The summed E-state index contributed by atoms with van der Waals surface area (Å²) in [4.78, 5) is 30.5. The number of thiazole rings is 1. The van der Waals surface area contributed by atoms with E-state index in [1.807, 2.05) is 30.3 Å². The maximum Gasteiger partial charge on any atom is 0.434 e. The van der Waals surface area contributed by atoms with Gasteiger partial charge in [0.05, 0.1) is 27.2 Å². The normalized spacial score (nSPS) is 15.2. The van der Waals surface area contributed by atoms with Crippen molar-refractivity contribution in [2.24, 2.45) is 4.99 Å². The second-order valence-corrected chi connectivity index (χ2v) is 11.9. The molecule has 4 aromatic rings. The molecule has 1 aliphatic rings. The number of hydrogen-bond acceptors (Lipinski definition) is 6. The van der Waals surface area contributed by atoms with Crippen LogP contribution in [-0.4, -0.2) is 23.3 Å². The maximum atomic E-state index is 14.4. The number of esters is 1. The summed E-state index contributed by atoms with van der Waals surface area (Å²) >= 11 is 16.5. The van der Waals surface area contributed by atoms with E-state index in [-0.39, 0.29) is 28.1 Å². The van der Waals surface area contributed by atoms with Crippen molar-refractivity contribution in [2.45, 2.75) is 25.7 Å². The van der Waals surface area contributed by atoms with Crippen molar-refractivity contribution in [3.63, 3.8) is 0 Å². The number of ether oxygens (including phenoxy) is 2. The minimum absolute atomic E-state index is 0.0445. The summed E-state index contributed by atoms with van der Waals surface area (Å²) in [5.41, 5.74) is -1.39. The highest BCUT2D eigenvalue weighted by atomic mass is 79.9. The zero-order chi connectivity index (χ0) is 30.9. The van der Waals surface area contributed by atoms with Crippen LogP contribution in [0.15, 0.2) is 92.3 Å². The van der Waals surface area contributed by atoms with Crippen LogP contribution in [-0.2, 0) is 16.1 Å². The van der Waals surface area contributed by atoms with E-state index >= 15 is 0 Å². The smallest absolute Gasteiger partial charge is 0.434 e. The Morgan fingerprint density at radius 3 is 2.44 bits per heavy atom. The van der Waals surface area contributed by atoms with Crippen molar-refractivity contribution in [3.05, 3.63) is 129 Å². The number of alkyl halides is 3. The number of rotatable bonds is 7. The van der Waals surface area contributed by atoms with Gasteiger partial charge in [-0.25, -0.2) is 9.79 Å². The maximum absolute atomic E-state index is 14.4. The summed E-state index contributed by atoms with van der Waals surface area (Å²) < 4.78 is 55.7. The summed E-state index contributed by atoms with van der Waals surface area (Å²) in [6.45, 7) is 1.50. The number of benzene rings is 3. The quantitative estimate of drug-likeness (QED) is 0.194. The van der Waals surface area contributed by atoms with Crippen LogP contribution >= 0.6 is 50.5 Å². The van der Waals surface area contributed by atoms with Crippen LogP contribution in [0.2, 0.25) is 10.0 Å². The molecule has 0 bridgehead atoms. The number of allylic oxidation sites excluding steroid dienone is 1. The number of carbonyl (C=O) groups is 1. The van der Waals surface area contributed by atoms with E-state index in [1.165, 1.54) is 37.3 Å². The largest absolute Gasteiger partial charge is 0.487 e. The minimum Gasteiger partial charge on any atom is -0.487 e. The van der Waals surface area contributed by atoms with Gasteiger partial charge in [0.2, 0.25) is 0 Å². The lowest BCUT2D eigenvalue weighted by Crippen LogP contribution is -2.41. The summed E-state index contributed by atoms with van der Waals surface area (Å²) in [5, 5.41) is 0.657. The molecule has 1 aliphatic heterocycles. The molecule has 1 atom stereocenters. The van der Waals surface area contributed by atoms with E-state index in [2.05, 4.69) is 20.9 Å². The molecule has 0 unspecified atom stereocenters. The van der Waals surface area contributed by atoms with Gasteiger partial charge in [-0.2, -0.15) is 13.2 Å². The van der Waals surface area contributed by atoms with Crippen molar-refractivity contribution in [2.75, 3.05) is 6.61 Å². The van der Waals surface area contributed by atoms with Gasteiger partial charge in [-0.15, -0.1) is 0 Å². The number of nitrogens with zero attached hydrogens (tertiary/aromatic N) is 2. The standard InChI is InChI=1S/C30H20BrCl2F3N2O4S/c1-2-41-28(40)23-24(17-8-10-19(32)11-9-17)38-27(39)22(43-29(38)37-26(23)30(34,35)36)13-18-12-20(33)14-21(31)25(18)42-15-16-6-4-3-5-7-16/h3-14,24H,2,15H2,1H3/b22-13-/t24-/m0/s1. The fourth-order valence-electron chi connectivity index (χ4n) is 4.51. The Kier molecular flexibility index (Phi) is 9.17. The summed E-state index contributed by atoms with van der Waals surface area (Å²) in [5.74, 6) is -0.861. The zero-order valence-electron chi connectivity index (χ0n) is 22.1. The summed E-state index contributed by atoms with van der Waals surface area (Å²) in [6.07, 6.45) is -3.54. The van der Waals surface area contributed by atoms with E-state index in [1.54, 1.807) is 12.1 Å². The fraction of sp³-hybridized carbons (Fsp3) is 0.167. The van der Waals surface area contributed by atoms with Gasteiger partial charge in [-0.3, -0.25) is 9.36 Å². The molecule has 3 aromatic carbocycles. The lowest BCUT2D eigenvalue weighted by atomic mass is 9.95. The van der Waals surface area contributed by atoms with Crippen LogP contribution in [0, 0.1) is 0 Å². The van der Waals surface area contributed by atoms with E-state index in [4.69, 9.17) is 32.7 Å². The van der Waals surface area contributed by atoms with Gasteiger partial charge in [0.1, 0.15) is 12.4 Å². The van der Waals surface area contributed by atoms with Gasteiger partial charge in [-0.05, 0) is 64.3 Å². The molecule has 0 saturated heterocycles. The van der Waals surface area contributed by atoms with Crippen LogP contribution in [0.25, 0.3) is 6.08 Å². The molecular weight excluding hydrogens is 692 g/mol. The number of aromatic nitrogens is 1. The molecule has 5 rings (SSSR count). The highest BCUT2D eigenvalue weighted by Crippen LogP contribution is 2.39. The van der Waals surface area contributed by atoms with E-state index in [0.717, 1.165) is 21.5 Å². The Bertz CT molecular complexity index is 1910. The molecule has 0 fully saturated rings. The Balaban J connectivity index is 1.72. The molecule has 1 aromatic heterocycles. The highest BCUT2D eigenvalue weighted by Gasteiger charge is 2.45. The fourth-order valence-corrected chi connectivity index (χ4v) is 6.58. The predicted molar refractivity (Wildman–Crippen MR) is 162 cm³/mol. The molecule has 0 spiro atoms. The number of halogens is 6. The van der Waals surface area contributed by atoms with Gasteiger partial charge in [-0.1, -0.05) is 77.0 Å². The third-order valence-corrected chi connectivity index (χ3v) is 8.37. The van der Waals surface area contributed by atoms with Crippen molar-refractivity contribution in [1.29, 1.82) is 0 Å². The molecule has 0 aliphatic carbocycles.